The topological polar surface area (TPSA) is 74.5 Å². The summed E-state index contributed by atoms with van der Waals surface area (Å²) in [5, 5.41) is 3.92. The summed E-state index contributed by atoms with van der Waals surface area (Å²) in [6.45, 7) is 4.01. The SMILES string of the molecule is COc1ccccc1-c1noc(COC(=O)CSc2ccc(C)cc2C)n1. The van der Waals surface area contributed by atoms with Crippen molar-refractivity contribution < 1.29 is 18.8 Å². The van der Waals surface area contributed by atoms with Crippen molar-refractivity contribution in [2.24, 2.45) is 0 Å². The number of esters is 1. The molecule has 0 unspecified atom stereocenters. The molecule has 0 bridgehead atoms. The minimum Gasteiger partial charge on any atom is -0.496 e. The molecule has 2 aromatic carbocycles. The third-order valence-electron chi connectivity index (χ3n) is 3.85. The van der Waals surface area contributed by atoms with Crippen LogP contribution in [-0.4, -0.2) is 29.0 Å². The van der Waals surface area contributed by atoms with Crippen LogP contribution in [0.2, 0.25) is 0 Å². The average molecular weight is 384 g/mol. The number of thioether (sulfide) groups is 1. The van der Waals surface area contributed by atoms with E-state index in [0.29, 0.717) is 17.1 Å². The summed E-state index contributed by atoms with van der Waals surface area (Å²) in [6, 6.07) is 13.5. The summed E-state index contributed by atoms with van der Waals surface area (Å²) in [7, 11) is 1.58. The Bertz CT molecular complexity index is 939. The number of carbonyl (C=O) groups is 1. The van der Waals surface area contributed by atoms with E-state index in [1.54, 1.807) is 7.11 Å². The molecule has 0 saturated carbocycles. The van der Waals surface area contributed by atoms with Gasteiger partial charge in [-0.2, -0.15) is 4.98 Å². The Kier molecular flexibility index (Phi) is 6.13. The van der Waals surface area contributed by atoms with Crippen molar-refractivity contribution >= 4 is 17.7 Å². The lowest BCUT2D eigenvalue weighted by molar-refractivity contribution is -0.142. The van der Waals surface area contributed by atoms with Gasteiger partial charge in [0.15, 0.2) is 6.61 Å². The van der Waals surface area contributed by atoms with Gasteiger partial charge in [0, 0.05) is 4.90 Å². The van der Waals surface area contributed by atoms with E-state index in [2.05, 4.69) is 16.2 Å². The predicted octanol–water partition coefficient (Wildman–Crippen LogP) is 4.20. The monoisotopic (exact) mass is 384 g/mol. The normalized spacial score (nSPS) is 10.6. The minimum atomic E-state index is -0.336. The number of rotatable bonds is 7. The van der Waals surface area contributed by atoms with Crippen molar-refractivity contribution in [3.8, 4) is 17.1 Å². The van der Waals surface area contributed by atoms with Gasteiger partial charge in [0.2, 0.25) is 5.82 Å². The lowest BCUT2D eigenvalue weighted by atomic mass is 10.2. The molecule has 140 valence electrons. The van der Waals surface area contributed by atoms with Crippen LogP contribution in [0.3, 0.4) is 0 Å². The largest absolute Gasteiger partial charge is 0.496 e. The molecule has 0 N–H and O–H groups in total. The van der Waals surface area contributed by atoms with Gasteiger partial charge in [0.25, 0.3) is 5.89 Å². The van der Waals surface area contributed by atoms with Gasteiger partial charge in [-0.25, -0.2) is 0 Å². The minimum absolute atomic E-state index is 0.0611. The van der Waals surface area contributed by atoms with Crippen LogP contribution in [0, 0.1) is 13.8 Å². The van der Waals surface area contributed by atoms with Crippen LogP contribution in [0.15, 0.2) is 51.9 Å². The lowest BCUT2D eigenvalue weighted by Crippen LogP contribution is -2.07. The van der Waals surface area contributed by atoms with Crippen molar-refractivity contribution in [3.63, 3.8) is 0 Å². The number of ether oxygens (including phenoxy) is 2. The highest BCUT2D eigenvalue weighted by atomic mass is 32.2. The molecule has 0 spiro atoms. The van der Waals surface area contributed by atoms with E-state index in [0.717, 1.165) is 10.5 Å². The summed E-state index contributed by atoms with van der Waals surface area (Å²) in [4.78, 5) is 17.3. The Balaban J connectivity index is 1.54. The molecule has 0 aliphatic heterocycles. The third kappa shape index (κ3) is 4.89. The Morgan fingerprint density at radius 1 is 1.19 bits per heavy atom. The van der Waals surface area contributed by atoms with Crippen molar-refractivity contribution in [2.75, 3.05) is 12.9 Å². The number of aromatic nitrogens is 2. The van der Waals surface area contributed by atoms with Crippen LogP contribution in [0.25, 0.3) is 11.4 Å². The zero-order valence-corrected chi connectivity index (χ0v) is 16.2. The maximum atomic E-state index is 12.0. The summed E-state index contributed by atoms with van der Waals surface area (Å²) >= 11 is 1.45. The number of aryl methyl sites for hydroxylation is 2. The summed E-state index contributed by atoms with van der Waals surface area (Å²) < 4.78 is 15.7. The number of carbonyl (C=O) groups excluding carboxylic acids is 1. The van der Waals surface area contributed by atoms with Gasteiger partial charge < -0.3 is 14.0 Å². The molecule has 7 heteroatoms. The van der Waals surface area contributed by atoms with Crippen LogP contribution < -0.4 is 4.74 Å². The number of benzene rings is 2. The summed E-state index contributed by atoms with van der Waals surface area (Å²) in [6.07, 6.45) is 0. The second kappa shape index (κ2) is 8.73. The third-order valence-corrected chi connectivity index (χ3v) is 5.00. The summed E-state index contributed by atoms with van der Waals surface area (Å²) in [5.74, 6) is 1.16. The number of methoxy groups -OCH3 is 1. The fourth-order valence-electron chi connectivity index (χ4n) is 2.53. The molecular weight excluding hydrogens is 364 g/mol. The molecule has 1 aromatic heterocycles. The van der Waals surface area contributed by atoms with Gasteiger partial charge in [0.1, 0.15) is 5.75 Å². The van der Waals surface area contributed by atoms with E-state index < -0.39 is 0 Å². The van der Waals surface area contributed by atoms with E-state index in [1.165, 1.54) is 17.3 Å². The molecule has 0 fully saturated rings. The van der Waals surface area contributed by atoms with Gasteiger partial charge in [-0.05, 0) is 37.6 Å². The van der Waals surface area contributed by atoms with Crippen LogP contribution in [-0.2, 0) is 16.1 Å². The zero-order chi connectivity index (χ0) is 19.2. The number of hydrogen-bond acceptors (Lipinski definition) is 7. The van der Waals surface area contributed by atoms with Crippen molar-refractivity contribution in [3.05, 3.63) is 59.5 Å². The Morgan fingerprint density at radius 2 is 2.00 bits per heavy atom. The Hall–Kier alpha value is -2.80. The Morgan fingerprint density at radius 3 is 2.78 bits per heavy atom. The maximum absolute atomic E-state index is 12.0. The molecule has 0 radical (unpaired) electrons. The molecule has 3 rings (SSSR count). The molecule has 0 saturated heterocycles. The van der Waals surface area contributed by atoms with E-state index >= 15 is 0 Å². The fraction of sp³-hybridized carbons (Fsp3) is 0.250. The molecule has 1 heterocycles. The first-order valence-corrected chi connectivity index (χ1v) is 9.37. The van der Waals surface area contributed by atoms with Crippen molar-refractivity contribution in [2.45, 2.75) is 25.3 Å². The van der Waals surface area contributed by atoms with E-state index in [9.17, 15) is 4.79 Å². The first kappa shape index (κ1) is 19.0. The van der Waals surface area contributed by atoms with Crippen LogP contribution in [0.5, 0.6) is 5.75 Å². The molecule has 0 atom stereocenters. The highest BCUT2D eigenvalue weighted by Gasteiger charge is 2.14. The second-order valence-electron chi connectivity index (χ2n) is 5.93. The molecule has 6 nitrogen and oxygen atoms in total. The lowest BCUT2D eigenvalue weighted by Gasteiger charge is -2.06. The van der Waals surface area contributed by atoms with Gasteiger partial charge in [-0.1, -0.05) is 35.0 Å². The van der Waals surface area contributed by atoms with E-state index in [1.807, 2.05) is 50.2 Å². The zero-order valence-electron chi connectivity index (χ0n) is 15.4. The van der Waals surface area contributed by atoms with E-state index in [4.69, 9.17) is 14.0 Å². The highest BCUT2D eigenvalue weighted by molar-refractivity contribution is 8.00. The Labute approximate surface area is 161 Å². The number of nitrogens with zero attached hydrogens (tertiary/aromatic N) is 2. The molecule has 0 amide bonds. The second-order valence-corrected chi connectivity index (χ2v) is 6.95. The van der Waals surface area contributed by atoms with Crippen LogP contribution >= 0.6 is 11.8 Å². The quantitative estimate of drug-likeness (QED) is 0.446. The highest BCUT2D eigenvalue weighted by Crippen LogP contribution is 2.27. The van der Waals surface area contributed by atoms with E-state index in [-0.39, 0.29) is 24.2 Å². The molecule has 0 aliphatic rings. The maximum Gasteiger partial charge on any atom is 0.316 e. The smallest absolute Gasteiger partial charge is 0.316 e. The number of para-hydroxylation sites is 1. The standard InChI is InChI=1S/C20H20N2O4S/c1-13-8-9-17(14(2)10-13)27-12-19(23)25-11-18-21-20(22-26-18)15-6-4-5-7-16(15)24-3/h4-10H,11-12H2,1-3H3. The van der Waals surface area contributed by atoms with Crippen molar-refractivity contribution in [1.29, 1.82) is 0 Å². The summed E-state index contributed by atoms with van der Waals surface area (Å²) in [5.41, 5.74) is 3.06. The van der Waals surface area contributed by atoms with Crippen LogP contribution in [0.4, 0.5) is 0 Å². The molecule has 0 aliphatic carbocycles. The molecule has 27 heavy (non-hydrogen) atoms. The molecule has 3 aromatic rings. The fourth-order valence-corrected chi connectivity index (χ4v) is 3.34. The first-order chi connectivity index (χ1) is 13.1. The average Bonchev–Trinajstić information content (AvgIpc) is 3.14. The van der Waals surface area contributed by atoms with Crippen molar-refractivity contribution in [1.82, 2.24) is 10.1 Å². The first-order valence-electron chi connectivity index (χ1n) is 8.38. The molecular formula is C20H20N2O4S. The predicted molar refractivity (Wildman–Crippen MR) is 103 cm³/mol. The van der Waals surface area contributed by atoms with Crippen LogP contribution in [0.1, 0.15) is 17.0 Å². The van der Waals surface area contributed by atoms with Gasteiger partial charge in [-0.3, -0.25) is 4.79 Å². The van der Waals surface area contributed by atoms with Gasteiger partial charge in [0.05, 0.1) is 18.4 Å². The van der Waals surface area contributed by atoms with Gasteiger partial charge >= 0.3 is 5.97 Å². The number of hydrogen-bond donors (Lipinski definition) is 0. The van der Waals surface area contributed by atoms with Gasteiger partial charge in [-0.15, -0.1) is 11.8 Å².